The van der Waals surface area contributed by atoms with Crippen molar-refractivity contribution < 1.29 is 22.7 Å². The van der Waals surface area contributed by atoms with E-state index in [1.165, 1.54) is 6.20 Å². The largest absolute Gasteiger partial charge is 0.468 e. The lowest BCUT2D eigenvalue weighted by molar-refractivity contribution is -0.154. The third kappa shape index (κ3) is 6.23. The topological polar surface area (TPSA) is 66.5 Å². The van der Waals surface area contributed by atoms with Crippen molar-refractivity contribution in [2.75, 3.05) is 26.7 Å². The maximum Gasteiger partial charge on any atom is 0.422 e. The number of aromatic nitrogens is 1. The molecule has 0 spiro atoms. The molecule has 2 heterocycles. The van der Waals surface area contributed by atoms with Crippen LogP contribution in [0.3, 0.4) is 0 Å². The Morgan fingerprint density at radius 2 is 2.12 bits per heavy atom. The van der Waals surface area contributed by atoms with Gasteiger partial charge in [0.25, 0.3) is 0 Å². The SMILES string of the molecule is CN1CCC(NC(=O)NCc2cccnc2OCC(F)(F)F)CC1. The fourth-order valence-electron chi connectivity index (χ4n) is 2.40. The standard InChI is InChI=1S/C15H21F3N4O2/c1-22-7-4-12(5-8-22)21-14(23)20-9-11-3-2-6-19-13(11)24-10-15(16,17)18/h2-3,6,12H,4-5,7-10H2,1H3,(H2,20,21,23). The molecule has 134 valence electrons. The van der Waals surface area contributed by atoms with E-state index in [1.54, 1.807) is 12.1 Å². The van der Waals surface area contributed by atoms with Crippen LogP contribution in [-0.4, -0.2) is 54.9 Å². The number of alkyl halides is 3. The Balaban J connectivity index is 1.82. The minimum atomic E-state index is -4.44. The number of urea groups is 1. The van der Waals surface area contributed by atoms with Gasteiger partial charge in [0.15, 0.2) is 6.61 Å². The Labute approximate surface area is 138 Å². The molecule has 0 bridgehead atoms. The molecule has 24 heavy (non-hydrogen) atoms. The number of nitrogens with one attached hydrogen (secondary N) is 2. The first-order valence-electron chi connectivity index (χ1n) is 7.70. The van der Waals surface area contributed by atoms with Crippen LogP contribution < -0.4 is 15.4 Å². The Morgan fingerprint density at radius 3 is 2.79 bits per heavy atom. The molecule has 0 unspecified atom stereocenters. The van der Waals surface area contributed by atoms with E-state index in [9.17, 15) is 18.0 Å². The number of halogens is 3. The molecule has 1 saturated heterocycles. The van der Waals surface area contributed by atoms with Crippen molar-refractivity contribution in [3.05, 3.63) is 23.9 Å². The molecule has 0 radical (unpaired) electrons. The van der Waals surface area contributed by atoms with E-state index >= 15 is 0 Å². The van der Waals surface area contributed by atoms with Crippen molar-refractivity contribution in [3.63, 3.8) is 0 Å². The van der Waals surface area contributed by atoms with Crippen molar-refractivity contribution in [1.29, 1.82) is 0 Å². The van der Waals surface area contributed by atoms with E-state index in [1.807, 2.05) is 7.05 Å². The van der Waals surface area contributed by atoms with Gasteiger partial charge >= 0.3 is 12.2 Å². The number of carbonyl (C=O) groups is 1. The van der Waals surface area contributed by atoms with Gasteiger partial charge in [-0.15, -0.1) is 0 Å². The van der Waals surface area contributed by atoms with Gasteiger partial charge in [0.2, 0.25) is 5.88 Å². The van der Waals surface area contributed by atoms with Gasteiger partial charge in [0.1, 0.15) is 0 Å². The molecule has 0 saturated carbocycles. The normalized spacial score (nSPS) is 16.7. The van der Waals surface area contributed by atoms with Crippen LogP contribution in [0.25, 0.3) is 0 Å². The fraction of sp³-hybridized carbons (Fsp3) is 0.600. The third-order valence-electron chi connectivity index (χ3n) is 3.72. The molecule has 2 amide bonds. The first-order valence-corrected chi connectivity index (χ1v) is 7.70. The smallest absolute Gasteiger partial charge is 0.422 e. The zero-order valence-corrected chi connectivity index (χ0v) is 13.4. The summed E-state index contributed by atoms with van der Waals surface area (Å²) >= 11 is 0. The maximum absolute atomic E-state index is 12.2. The van der Waals surface area contributed by atoms with Crippen LogP contribution >= 0.6 is 0 Å². The number of ether oxygens (including phenoxy) is 1. The highest BCUT2D eigenvalue weighted by Gasteiger charge is 2.29. The molecule has 0 aromatic carbocycles. The van der Waals surface area contributed by atoms with Crippen LogP contribution in [0, 0.1) is 0 Å². The summed E-state index contributed by atoms with van der Waals surface area (Å²) in [4.78, 5) is 17.9. The van der Waals surface area contributed by atoms with Gasteiger partial charge in [-0.1, -0.05) is 6.07 Å². The van der Waals surface area contributed by atoms with E-state index in [-0.39, 0.29) is 24.5 Å². The van der Waals surface area contributed by atoms with E-state index in [4.69, 9.17) is 0 Å². The molecular weight excluding hydrogens is 325 g/mol. The number of amides is 2. The van der Waals surface area contributed by atoms with E-state index < -0.39 is 12.8 Å². The Kier molecular flexibility index (Phi) is 6.24. The summed E-state index contributed by atoms with van der Waals surface area (Å²) in [6.45, 7) is 0.463. The Hall–Kier alpha value is -2.03. The second kappa shape index (κ2) is 8.18. The summed E-state index contributed by atoms with van der Waals surface area (Å²) in [5.41, 5.74) is 0.389. The van der Waals surface area contributed by atoms with Crippen molar-refractivity contribution in [3.8, 4) is 5.88 Å². The van der Waals surface area contributed by atoms with Gasteiger partial charge in [0, 0.05) is 24.3 Å². The van der Waals surface area contributed by atoms with E-state index in [0.29, 0.717) is 5.56 Å². The Bertz CT molecular complexity index is 546. The quantitative estimate of drug-likeness (QED) is 0.855. The lowest BCUT2D eigenvalue weighted by Crippen LogP contribution is -2.46. The van der Waals surface area contributed by atoms with Gasteiger partial charge in [-0.2, -0.15) is 13.2 Å². The van der Waals surface area contributed by atoms with Crippen molar-refractivity contribution in [2.24, 2.45) is 0 Å². The van der Waals surface area contributed by atoms with Gasteiger partial charge in [0.05, 0.1) is 0 Å². The van der Waals surface area contributed by atoms with Crippen molar-refractivity contribution in [1.82, 2.24) is 20.5 Å². The van der Waals surface area contributed by atoms with Crippen molar-refractivity contribution in [2.45, 2.75) is 31.6 Å². The average molecular weight is 346 g/mol. The molecular formula is C15H21F3N4O2. The number of likely N-dealkylation sites (tertiary alicyclic amines) is 1. The predicted octanol–water partition coefficient (Wildman–Crippen LogP) is 1.92. The fourth-order valence-corrected chi connectivity index (χ4v) is 2.40. The average Bonchev–Trinajstić information content (AvgIpc) is 2.53. The van der Waals surface area contributed by atoms with Gasteiger partial charge < -0.3 is 20.3 Å². The highest BCUT2D eigenvalue weighted by atomic mass is 19.4. The summed E-state index contributed by atoms with van der Waals surface area (Å²) in [7, 11) is 2.03. The summed E-state index contributed by atoms with van der Waals surface area (Å²) < 4.78 is 41.4. The second-order valence-corrected chi connectivity index (χ2v) is 5.78. The van der Waals surface area contributed by atoms with Crippen molar-refractivity contribution >= 4 is 6.03 Å². The minimum Gasteiger partial charge on any atom is -0.468 e. The molecule has 1 aromatic rings. The molecule has 9 heteroatoms. The zero-order valence-electron chi connectivity index (χ0n) is 13.4. The number of carbonyl (C=O) groups excluding carboxylic acids is 1. The summed E-state index contributed by atoms with van der Waals surface area (Å²) in [5, 5.41) is 5.50. The second-order valence-electron chi connectivity index (χ2n) is 5.78. The van der Waals surface area contributed by atoms with Gasteiger partial charge in [-0.3, -0.25) is 0 Å². The summed E-state index contributed by atoms with van der Waals surface area (Å²) in [5.74, 6) is -0.130. The number of rotatable bonds is 5. The number of nitrogens with zero attached hydrogens (tertiary/aromatic N) is 2. The number of piperidine rings is 1. The number of hydrogen-bond acceptors (Lipinski definition) is 4. The molecule has 1 fully saturated rings. The van der Waals surface area contributed by atoms with Gasteiger partial charge in [-0.05, 0) is 39.0 Å². The number of pyridine rings is 1. The van der Waals surface area contributed by atoms with E-state index in [0.717, 1.165) is 25.9 Å². The van der Waals surface area contributed by atoms with Crippen LogP contribution in [0.15, 0.2) is 18.3 Å². The monoisotopic (exact) mass is 346 g/mol. The molecule has 1 aliphatic heterocycles. The van der Waals surface area contributed by atoms with E-state index in [2.05, 4.69) is 25.3 Å². The highest BCUT2D eigenvalue weighted by molar-refractivity contribution is 5.74. The zero-order chi connectivity index (χ0) is 17.6. The molecule has 2 N–H and O–H groups in total. The first kappa shape index (κ1) is 18.3. The molecule has 0 atom stereocenters. The first-order chi connectivity index (χ1) is 11.3. The van der Waals surface area contributed by atoms with Crippen LogP contribution in [0.5, 0.6) is 5.88 Å². The molecule has 6 nitrogen and oxygen atoms in total. The highest BCUT2D eigenvalue weighted by Crippen LogP contribution is 2.19. The number of hydrogen-bond donors (Lipinski definition) is 2. The van der Waals surface area contributed by atoms with Gasteiger partial charge in [-0.25, -0.2) is 9.78 Å². The summed E-state index contributed by atoms with van der Waals surface area (Å²) in [6.07, 6.45) is -1.35. The van der Waals surface area contributed by atoms with Crippen LogP contribution in [0.2, 0.25) is 0 Å². The molecule has 1 aliphatic rings. The molecule has 1 aromatic heterocycles. The predicted molar refractivity (Wildman–Crippen MR) is 81.7 cm³/mol. The molecule has 0 aliphatic carbocycles. The van der Waals surface area contributed by atoms with Crippen LogP contribution in [0.4, 0.5) is 18.0 Å². The summed E-state index contributed by atoms with van der Waals surface area (Å²) in [6, 6.07) is 2.90. The lowest BCUT2D eigenvalue weighted by Gasteiger charge is -2.29. The maximum atomic E-state index is 12.2. The third-order valence-corrected chi connectivity index (χ3v) is 3.72. The Morgan fingerprint density at radius 1 is 1.42 bits per heavy atom. The molecule has 2 rings (SSSR count). The lowest BCUT2D eigenvalue weighted by atomic mass is 10.1. The minimum absolute atomic E-state index is 0.0412. The van der Waals surface area contributed by atoms with Crippen LogP contribution in [-0.2, 0) is 6.54 Å². The van der Waals surface area contributed by atoms with Crippen LogP contribution in [0.1, 0.15) is 18.4 Å².